The second-order valence-corrected chi connectivity index (χ2v) is 7.25. The van der Waals surface area contributed by atoms with Gasteiger partial charge in [-0.3, -0.25) is 4.99 Å². The molecule has 0 spiro atoms. The second kappa shape index (κ2) is 14.6. The summed E-state index contributed by atoms with van der Waals surface area (Å²) < 4.78 is 1.08. The third kappa shape index (κ3) is 7.74. The van der Waals surface area contributed by atoms with Crippen LogP contribution in [0.4, 0.5) is 0 Å². The fourth-order valence-electron chi connectivity index (χ4n) is 2.55. The average Bonchev–Trinajstić information content (AvgIpc) is 3.14. The van der Waals surface area contributed by atoms with Gasteiger partial charge in [0.05, 0.1) is 12.0 Å². The molecule has 0 aliphatic carbocycles. The summed E-state index contributed by atoms with van der Waals surface area (Å²) in [6.07, 6.45) is 3.23. The Morgan fingerprint density at radius 1 is 1.20 bits per heavy atom. The van der Waals surface area contributed by atoms with Crippen LogP contribution in [-0.4, -0.2) is 47.1 Å². The van der Waals surface area contributed by atoms with E-state index in [-0.39, 0.29) is 36.1 Å². The molecule has 0 saturated heterocycles. The molecule has 0 unspecified atom stereocenters. The zero-order chi connectivity index (χ0) is 22.0. The number of halogens is 2. The number of rotatable bonds is 5. The first kappa shape index (κ1) is 28.7. The minimum absolute atomic E-state index is 0. The Morgan fingerprint density at radius 2 is 1.83 bits per heavy atom. The van der Waals surface area contributed by atoms with Gasteiger partial charge in [-0.1, -0.05) is 83.5 Å². The summed E-state index contributed by atoms with van der Waals surface area (Å²) in [6.45, 7) is 10.0. The van der Waals surface area contributed by atoms with Gasteiger partial charge in [-0.2, -0.15) is 0 Å². The van der Waals surface area contributed by atoms with Crippen LogP contribution in [0, 0.1) is 13.8 Å². The second-order valence-electron chi connectivity index (χ2n) is 5.48. The summed E-state index contributed by atoms with van der Waals surface area (Å²) in [7, 11) is 0. The Bertz CT molecular complexity index is 974. The van der Waals surface area contributed by atoms with Gasteiger partial charge in [0.15, 0.2) is 0 Å². The summed E-state index contributed by atoms with van der Waals surface area (Å²) in [5.74, 6) is -1.54. The molecule has 30 heavy (non-hydrogen) atoms. The molecular formula is C22H22Br2N2O3Sn. The number of aliphatic carboxylic acids is 1. The van der Waals surface area contributed by atoms with Crippen LogP contribution >= 0.6 is 31.9 Å². The molecule has 1 heterocycles. The van der Waals surface area contributed by atoms with Crippen molar-refractivity contribution < 1.29 is 15.0 Å². The molecule has 1 N–H and O–H groups in total. The summed E-state index contributed by atoms with van der Waals surface area (Å²) in [5, 5.41) is 24.5. The topological polar surface area (TPSA) is 91.3 Å². The van der Waals surface area contributed by atoms with Crippen LogP contribution in [0.5, 0.6) is 5.75 Å². The Labute approximate surface area is 211 Å². The number of hydrogen-bond donors (Lipinski definition) is 1. The number of aliphatic imine (C=N–C) groups is 1. The molecule has 0 amide bonds. The average molecular weight is 641 g/mol. The van der Waals surface area contributed by atoms with E-state index in [0.717, 1.165) is 16.5 Å². The van der Waals surface area contributed by atoms with E-state index in [1.165, 1.54) is 6.21 Å². The summed E-state index contributed by atoms with van der Waals surface area (Å²) >= 11 is 6.47. The molecule has 156 valence electrons. The van der Waals surface area contributed by atoms with Crippen LogP contribution in [0.2, 0.25) is 0 Å². The zero-order valence-corrected chi connectivity index (χ0v) is 22.8. The van der Waals surface area contributed by atoms with Gasteiger partial charge in [0.25, 0.3) is 0 Å². The molecule has 2 aromatic carbocycles. The van der Waals surface area contributed by atoms with Gasteiger partial charge in [0.2, 0.25) is 0 Å². The molecule has 3 rings (SSSR count). The predicted octanol–water partition coefficient (Wildman–Crippen LogP) is 3.85. The fraction of sp³-hybridized carbons (Fsp3) is 0.182. The number of benzene rings is 2. The number of carbonyl (C=O) groups is 1. The number of nitrogens with zero attached hydrogens (tertiary/aromatic N) is 1. The molecule has 0 aliphatic heterocycles. The van der Waals surface area contributed by atoms with Crippen molar-refractivity contribution in [2.24, 2.45) is 4.99 Å². The van der Waals surface area contributed by atoms with E-state index < -0.39 is 12.0 Å². The van der Waals surface area contributed by atoms with Crippen LogP contribution < -0.4 is 10.2 Å². The number of aromatic amines is 1. The molecule has 0 bridgehead atoms. The van der Waals surface area contributed by atoms with E-state index in [1.54, 1.807) is 32.2 Å². The predicted molar refractivity (Wildman–Crippen MR) is 127 cm³/mol. The number of carboxylic acid groups (broad SMARTS) is 1. The third-order valence-corrected chi connectivity index (χ3v) is 4.84. The van der Waals surface area contributed by atoms with Gasteiger partial charge in [0.1, 0.15) is 0 Å². The fourth-order valence-corrected chi connectivity index (χ4v) is 3.81. The zero-order valence-electron chi connectivity index (χ0n) is 16.7. The Morgan fingerprint density at radius 3 is 2.47 bits per heavy atom. The van der Waals surface area contributed by atoms with E-state index in [1.807, 2.05) is 24.3 Å². The standard InChI is InChI=1S/C18H14Br2N2O3.2C2H5.Sn/c19-12-5-11(17(23)14(20)7-12)9-22-16(18(24)25)6-10-8-21-15-4-2-1-3-13(10)15;2*1-2;/h1-5,7-9,16,21,23H,6H2,(H,24,25);2*1H2,2H3;/q;;;+2/p-2/t16-;;;/m0.../s1. The van der Waals surface area contributed by atoms with Crippen molar-refractivity contribution in [3.05, 3.63) is 76.5 Å². The van der Waals surface area contributed by atoms with Crippen molar-refractivity contribution >= 4 is 78.9 Å². The van der Waals surface area contributed by atoms with E-state index >= 15 is 0 Å². The minimum Gasteiger partial charge on any atom is -0.871 e. The van der Waals surface area contributed by atoms with Crippen LogP contribution in [0.25, 0.3) is 10.9 Å². The maximum Gasteiger partial charge on any atom is 2.00 e. The summed E-state index contributed by atoms with van der Waals surface area (Å²) in [6, 6.07) is 9.75. The van der Waals surface area contributed by atoms with E-state index in [0.29, 0.717) is 14.5 Å². The van der Waals surface area contributed by atoms with Crippen LogP contribution in [0.3, 0.4) is 0 Å². The smallest absolute Gasteiger partial charge is 0.871 e. The summed E-state index contributed by atoms with van der Waals surface area (Å²) in [4.78, 5) is 18.6. The van der Waals surface area contributed by atoms with Crippen molar-refractivity contribution in [1.29, 1.82) is 0 Å². The first-order chi connectivity index (χ1) is 14.0. The Kier molecular flexibility index (Phi) is 14.0. The molecule has 1 aromatic heterocycles. The maximum atomic E-state index is 12.1. The molecule has 5 nitrogen and oxygen atoms in total. The number of carbonyl (C=O) groups excluding carboxylic acids is 1. The first-order valence-corrected chi connectivity index (χ1v) is 10.4. The van der Waals surface area contributed by atoms with Crippen molar-refractivity contribution in [3.63, 3.8) is 0 Å². The Balaban J connectivity index is 0.00000159. The van der Waals surface area contributed by atoms with Crippen LogP contribution in [-0.2, 0) is 11.2 Å². The van der Waals surface area contributed by atoms with Crippen molar-refractivity contribution in [2.75, 3.05) is 0 Å². The largest absolute Gasteiger partial charge is 2.00 e. The van der Waals surface area contributed by atoms with Crippen LogP contribution in [0.15, 0.2) is 56.5 Å². The number of nitrogens with one attached hydrogen (secondary N) is 1. The van der Waals surface area contributed by atoms with Gasteiger partial charge >= 0.3 is 23.9 Å². The van der Waals surface area contributed by atoms with Crippen molar-refractivity contribution in [3.8, 4) is 5.75 Å². The first-order valence-electron chi connectivity index (χ1n) is 8.82. The minimum atomic E-state index is -1.29. The summed E-state index contributed by atoms with van der Waals surface area (Å²) in [5.41, 5.74) is 2.06. The number of para-hydroxylation sites is 1. The Hall–Kier alpha value is -1.32. The SMILES string of the molecule is O=C([O-])[C@H](Cc1c[nH]c2ccccc12)N=Cc1cc(Br)cc(Br)c1[O-].[CH2]C.[CH2]C.[Sn+2]. The molecule has 0 aliphatic rings. The number of H-pyrrole nitrogens is 1. The third-order valence-electron chi connectivity index (χ3n) is 3.79. The van der Waals surface area contributed by atoms with Crippen molar-refractivity contribution in [2.45, 2.75) is 26.3 Å². The molecule has 0 saturated carbocycles. The van der Waals surface area contributed by atoms with Gasteiger partial charge in [0, 0.05) is 38.7 Å². The monoisotopic (exact) mass is 640 g/mol. The maximum absolute atomic E-state index is 12.1. The molecule has 3 aromatic rings. The van der Waals surface area contributed by atoms with Gasteiger partial charge in [-0.05, 0) is 29.3 Å². The number of fused-ring (bicyclic) bond motifs is 1. The normalized spacial score (nSPS) is 11.0. The van der Waals surface area contributed by atoms with E-state index in [9.17, 15) is 15.0 Å². The quantitative estimate of drug-likeness (QED) is 0.340. The number of hydrogen-bond acceptors (Lipinski definition) is 4. The molecule has 0 fully saturated rings. The number of aromatic nitrogens is 1. The molecular weight excluding hydrogens is 619 g/mol. The van der Waals surface area contributed by atoms with E-state index in [2.05, 4.69) is 55.7 Å². The van der Waals surface area contributed by atoms with E-state index in [4.69, 9.17) is 0 Å². The molecule has 1 atom stereocenters. The van der Waals surface area contributed by atoms with Gasteiger partial charge in [-0.25, -0.2) is 0 Å². The van der Waals surface area contributed by atoms with Crippen molar-refractivity contribution in [1.82, 2.24) is 4.98 Å². The molecule has 8 heteroatoms. The number of carboxylic acids is 1. The van der Waals surface area contributed by atoms with Crippen LogP contribution in [0.1, 0.15) is 25.0 Å². The van der Waals surface area contributed by atoms with Gasteiger partial charge in [-0.15, -0.1) is 0 Å². The molecule has 4 radical (unpaired) electrons. The van der Waals surface area contributed by atoms with Gasteiger partial charge < -0.3 is 20.0 Å².